The molecule has 29 heavy (non-hydrogen) atoms. The van der Waals surface area contributed by atoms with Crippen molar-refractivity contribution in [3.8, 4) is 11.3 Å². The van der Waals surface area contributed by atoms with Crippen molar-refractivity contribution in [2.75, 3.05) is 13.1 Å². The number of hydrogen-bond acceptors (Lipinski definition) is 4. The first-order valence-corrected chi connectivity index (χ1v) is 10.8. The van der Waals surface area contributed by atoms with E-state index >= 15 is 0 Å². The molecule has 0 aliphatic carbocycles. The molecule has 4 rings (SSSR count). The maximum Gasteiger partial charge on any atom is 0.272 e. The van der Waals surface area contributed by atoms with Crippen LogP contribution < -0.4 is 0 Å². The lowest BCUT2D eigenvalue weighted by atomic mass is 10.1. The van der Waals surface area contributed by atoms with Gasteiger partial charge in [0.25, 0.3) is 5.91 Å². The van der Waals surface area contributed by atoms with Crippen molar-refractivity contribution < 1.29 is 17.6 Å². The van der Waals surface area contributed by atoms with Crippen molar-refractivity contribution >= 4 is 27.3 Å². The van der Waals surface area contributed by atoms with Gasteiger partial charge in [-0.3, -0.25) is 9.48 Å². The molecule has 3 aromatic rings. The summed E-state index contributed by atoms with van der Waals surface area (Å²) in [6, 6.07) is 13.5. The van der Waals surface area contributed by atoms with Gasteiger partial charge < -0.3 is 4.90 Å². The molecule has 0 bridgehead atoms. The summed E-state index contributed by atoms with van der Waals surface area (Å²) in [7, 11) is -1.89. The number of nitrogens with zero attached hydrogens (tertiary/aromatic N) is 3. The van der Waals surface area contributed by atoms with E-state index in [1.54, 1.807) is 25.2 Å². The summed E-state index contributed by atoms with van der Waals surface area (Å²) in [5, 5.41) is 4.12. The largest absolute Gasteiger partial charge is 0.335 e. The Bertz CT molecular complexity index is 1170. The lowest BCUT2D eigenvalue weighted by molar-refractivity contribution is 0.0647. The summed E-state index contributed by atoms with van der Waals surface area (Å²) in [4.78, 5) is 14.5. The van der Waals surface area contributed by atoms with Crippen molar-refractivity contribution in [1.29, 1.82) is 0 Å². The Labute approximate surface area is 172 Å². The minimum absolute atomic E-state index is 0.112. The van der Waals surface area contributed by atoms with Gasteiger partial charge in [0.15, 0.2) is 9.84 Å². The van der Waals surface area contributed by atoms with Crippen LogP contribution in [0.25, 0.3) is 11.3 Å². The third-order valence-electron chi connectivity index (χ3n) is 4.96. The van der Waals surface area contributed by atoms with Crippen LogP contribution in [0.1, 0.15) is 10.5 Å². The molecular formula is C20H17ClFN3O3S. The van der Waals surface area contributed by atoms with Crippen LogP contribution in [-0.4, -0.2) is 47.3 Å². The van der Waals surface area contributed by atoms with Gasteiger partial charge in [-0.2, -0.15) is 5.10 Å². The Kier molecular flexibility index (Phi) is 4.92. The number of sulfone groups is 1. The zero-order valence-corrected chi connectivity index (χ0v) is 17.0. The number of carbonyl (C=O) groups excluding carboxylic acids is 1. The number of aryl methyl sites for hydroxylation is 1. The second-order valence-electron chi connectivity index (χ2n) is 6.88. The summed E-state index contributed by atoms with van der Waals surface area (Å²) in [5.41, 5.74) is 1.57. The molecule has 1 aromatic heterocycles. The topological polar surface area (TPSA) is 72.3 Å². The molecule has 1 aliphatic rings. The molecule has 0 saturated carbocycles. The monoisotopic (exact) mass is 433 g/mol. The predicted molar refractivity (Wildman–Crippen MR) is 107 cm³/mol. The van der Waals surface area contributed by atoms with E-state index in [0.29, 0.717) is 22.0 Å². The highest BCUT2D eigenvalue weighted by atomic mass is 35.5. The van der Waals surface area contributed by atoms with Crippen LogP contribution in [0.2, 0.25) is 5.02 Å². The number of carbonyl (C=O) groups is 1. The van der Waals surface area contributed by atoms with Gasteiger partial charge in [0.05, 0.1) is 10.6 Å². The summed E-state index contributed by atoms with van der Waals surface area (Å²) in [6.45, 7) is 0.224. The Hall–Kier alpha value is -2.71. The van der Waals surface area contributed by atoms with Gasteiger partial charge in [-0.25, -0.2) is 12.8 Å². The zero-order valence-electron chi connectivity index (χ0n) is 15.4. The van der Waals surface area contributed by atoms with Crippen LogP contribution in [0.5, 0.6) is 0 Å². The lowest BCUT2D eigenvalue weighted by Gasteiger charge is -2.38. The fraction of sp³-hybridized carbons (Fsp3) is 0.200. The standard InChI is InChI=1S/C20H17ClFN3O3S/c1-24-19(10-18(23-24)13-2-6-15(22)7-3-13)20(26)25-11-17(12-25)29(27,28)16-8-4-14(21)5-9-16/h2-10,17H,11-12H2,1H3. The number of amides is 1. The molecular weight excluding hydrogens is 417 g/mol. The Morgan fingerprint density at radius 3 is 2.34 bits per heavy atom. The van der Waals surface area contributed by atoms with Crippen LogP contribution >= 0.6 is 11.6 Å². The average molecular weight is 434 g/mol. The van der Waals surface area contributed by atoms with Crippen molar-refractivity contribution in [3.63, 3.8) is 0 Å². The first kappa shape index (κ1) is 19.6. The molecule has 2 aromatic carbocycles. The highest BCUT2D eigenvalue weighted by Gasteiger charge is 2.41. The number of likely N-dealkylation sites (tertiary alicyclic amines) is 1. The zero-order chi connectivity index (χ0) is 20.8. The van der Waals surface area contributed by atoms with E-state index in [1.807, 2.05) is 0 Å². The highest BCUT2D eigenvalue weighted by molar-refractivity contribution is 7.92. The van der Waals surface area contributed by atoms with Crippen LogP contribution in [0, 0.1) is 5.82 Å². The molecule has 6 nitrogen and oxygen atoms in total. The van der Waals surface area contributed by atoms with E-state index < -0.39 is 15.1 Å². The molecule has 1 saturated heterocycles. The molecule has 1 aliphatic heterocycles. The maximum absolute atomic E-state index is 13.1. The Balaban J connectivity index is 1.48. The van der Waals surface area contributed by atoms with Crippen molar-refractivity contribution in [3.05, 3.63) is 71.1 Å². The molecule has 0 radical (unpaired) electrons. The quantitative estimate of drug-likeness (QED) is 0.633. The molecule has 150 valence electrons. The van der Waals surface area contributed by atoms with Crippen molar-refractivity contribution in [2.24, 2.45) is 7.05 Å². The first-order valence-electron chi connectivity index (χ1n) is 8.84. The molecule has 0 atom stereocenters. The van der Waals surface area contributed by atoms with Gasteiger partial charge in [-0.15, -0.1) is 0 Å². The van der Waals surface area contributed by atoms with Crippen LogP contribution in [-0.2, 0) is 16.9 Å². The molecule has 1 fully saturated rings. The summed E-state index contributed by atoms with van der Waals surface area (Å²) >= 11 is 5.82. The molecule has 0 N–H and O–H groups in total. The molecule has 2 heterocycles. The summed E-state index contributed by atoms with van der Waals surface area (Å²) < 4.78 is 39.9. The third kappa shape index (κ3) is 3.65. The van der Waals surface area contributed by atoms with E-state index in [9.17, 15) is 17.6 Å². The van der Waals surface area contributed by atoms with E-state index in [2.05, 4.69) is 5.10 Å². The minimum atomic E-state index is -3.53. The number of rotatable bonds is 4. The van der Waals surface area contributed by atoms with E-state index in [0.717, 1.165) is 0 Å². The lowest BCUT2D eigenvalue weighted by Crippen LogP contribution is -2.57. The van der Waals surface area contributed by atoms with E-state index in [1.165, 1.54) is 46.0 Å². The SMILES string of the molecule is Cn1nc(-c2ccc(F)cc2)cc1C(=O)N1CC(S(=O)(=O)c2ccc(Cl)cc2)C1. The Morgan fingerprint density at radius 2 is 1.72 bits per heavy atom. The number of aromatic nitrogens is 2. The summed E-state index contributed by atoms with van der Waals surface area (Å²) in [6.07, 6.45) is 0. The van der Waals surface area contributed by atoms with E-state index in [-0.39, 0.29) is 29.7 Å². The van der Waals surface area contributed by atoms with Gasteiger partial charge in [0.1, 0.15) is 16.8 Å². The number of benzene rings is 2. The van der Waals surface area contributed by atoms with Crippen molar-refractivity contribution in [2.45, 2.75) is 10.1 Å². The van der Waals surface area contributed by atoms with Gasteiger partial charge >= 0.3 is 0 Å². The van der Waals surface area contributed by atoms with Gasteiger partial charge in [0.2, 0.25) is 0 Å². The first-order chi connectivity index (χ1) is 13.8. The second-order valence-corrected chi connectivity index (χ2v) is 9.54. The second kappa shape index (κ2) is 7.27. The fourth-order valence-electron chi connectivity index (χ4n) is 3.21. The van der Waals surface area contributed by atoms with Crippen LogP contribution in [0.4, 0.5) is 4.39 Å². The average Bonchev–Trinajstić information content (AvgIpc) is 3.03. The van der Waals surface area contributed by atoms with Crippen LogP contribution in [0.15, 0.2) is 59.5 Å². The summed E-state index contributed by atoms with van der Waals surface area (Å²) in [5.74, 6) is -0.648. The normalized spacial score (nSPS) is 14.7. The van der Waals surface area contributed by atoms with Crippen molar-refractivity contribution in [1.82, 2.24) is 14.7 Å². The molecule has 0 unspecified atom stereocenters. The predicted octanol–water partition coefficient (Wildman–Crippen LogP) is 3.18. The number of halogens is 2. The molecule has 9 heteroatoms. The highest BCUT2D eigenvalue weighted by Crippen LogP contribution is 2.27. The fourth-order valence-corrected chi connectivity index (χ4v) is 4.99. The van der Waals surface area contributed by atoms with Gasteiger partial charge in [0, 0.05) is 30.7 Å². The van der Waals surface area contributed by atoms with E-state index in [4.69, 9.17) is 11.6 Å². The third-order valence-corrected chi connectivity index (χ3v) is 7.31. The molecule has 1 amide bonds. The smallest absolute Gasteiger partial charge is 0.272 e. The molecule has 0 spiro atoms. The Morgan fingerprint density at radius 1 is 1.10 bits per heavy atom. The minimum Gasteiger partial charge on any atom is -0.335 e. The maximum atomic E-state index is 13.1. The van der Waals surface area contributed by atoms with Gasteiger partial charge in [-0.05, 0) is 54.6 Å². The number of hydrogen-bond donors (Lipinski definition) is 0. The van der Waals surface area contributed by atoms with Gasteiger partial charge in [-0.1, -0.05) is 11.6 Å². The van der Waals surface area contributed by atoms with Crippen LogP contribution in [0.3, 0.4) is 0 Å².